The molecule has 0 saturated heterocycles. The van der Waals surface area contributed by atoms with Gasteiger partial charge in [0.05, 0.1) is 5.56 Å². The van der Waals surface area contributed by atoms with Crippen molar-refractivity contribution in [2.45, 2.75) is 4.90 Å². The van der Waals surface area contributed by atoms with Crippen LogP contribution in [-0.4, -0.2) is 11.9 Å². The number of hydrogen-bond acceptors (Lipinski definition) is 2. The maximum atomic E-state index is 11.9. The summed E-state index contributed by atoms with van der Waals surface area (Å²) in [6.45, 7) is 0. The summed E-state index contributed by atoms with van der Waals surface area (Å²) in [4.78, 5) is 11.4. The van der Waals surface area contributed by atoms with Crippen molar-refractivity contribution in [3.05, 3.63) is 29.8 Å². The van der Waals surface area contributed by atoms with E-state index in [4.69, 9.17) is 5.73 Å². The number of alkyl halides is 1. The van der Waals surface area contributed by atoms with E-state index in [0.29, 0.717) is 10.5 Å². The molecule has 0 heterocycles. The lowest BCUT2D eigenvalue weighted by molar-refractivity contribution is 0.0997. The predicted octanol–water partition coefficient (Wildman–Crippen LogP) is 1.80. The van der Waals surface area contributed by atoms with Gasteiger partial charge in [0, 0.05) is 4.90 Å². The first-order valence-corrected chi connectivity index (χ1v) is 4.32. The lowest BCUT2D eigenvalue weighted by Crippen LogP contribution is -2.11. The third-order valence-electron chi connectivity index (χ3n) is 1.36. The topological polar surface area (TPSA) is 43.1 Å². The summed E-state index contributed by atoms with van der Waals surface area (Å²) in [6, 6.07) is 6.14. The van der Waals surface area contributed by atoms with Gasteiger partial charge in [0.2, 0.25) is 5.91 Å². The van der Waals surface area contributed by atoms with E-state index in [9.17, 15) is 9.18 Å². The molecule has 0 spiro atoms. The molecule has 4 heteroatoms. The molecule has 64 valence electrons. The molecule has 0 aliphatic carbocycles. The van der Waals surface area contributed by atoms with Crippen LogP contribution in [0.25, 0.3) is 0 Å². The summed E-state index contributed by atoms with van der Waals surface area (Å²) < 4.78 is 11.9. The fraction of sp³-hybridized carbons (Fsp3) is 0.125. The van der Waals surface area contributed by atoms with Crippen molar-refractivity contribution < 1.29 is 9.18 Å². The van der Waals surface area contributed by atoms with E-state index < -0.39 is 11.9 Å². The fourth-order valence-electron chi connectivity index (χ4n) is 0.855. The van der Waals surface area contributed by atoms with Crippen LogP contribution in [0.2, 0.25) is 0 Å². The van der Waals surface area contributed by atoms with Crippen LogP contribution in [-0.2, 0) is 0 Å². The standard InChI is InChI=1S/C8H8FNOS/c9-5-12-7-4-2-1-3-6(7)8(10)11/h1-4H,5H2,(H2,10,11). The first kappa shape index (κ1) is 9.06. The minimum Gasteiger partial charge on any atom is -0.366 e. The van der Waals surface area contributed by atoms with Crippen molar-refractivity contribution in [1.82, 2.24) is 0 Å². The van der Waals surface area contributed by atoms with E-state index in [0.717, 1.165) is 11.8 Å². The van der Waals surface area contributed by atoms with Gasteiger partial charge in [-0.2, -0.15) is 0 Å². The fourth-order valence-corrected chi connectivity index (χ4v) is 1.47. The summed E-state index contributed by atoms with van der Waals surface area (Å²) in [7, 11) is 0. The maximum absolute atomic E-state index is 11.9. The first-order chi connectivity index (χ1) is 5.75. The molecule has 2 nitrogen and oxygen atoms in total. The number of primary amides is 1. The second-order valence-corrected chi connectivity index (χ2v) is 3.06. The van der Waals surface area contributed by atoms with Crippen LogP contribution in [0.15, 0.2) is 29.2 Å². The Hall–Kier alpha value is -1.03. The Kier molecular flexibility index (Phi) is 3.10. The molecule has 12 heavy (non-hydrogen) atoms. The number of carbonyl (C=O) groups is 1. The van der Waals surface area contributed by atoms with Crippen LogP contribution in [0, 0.1) is 0 Å². The van der Waals surface area contributed by atoms with Gasteiger partial charge < -0.3 is 5.73 Å². The van der Waals surface area contributed by atoms with Crippen molar-refractivity contribution >= 4 is 17.7 Å². The second kappa shape index (κ2) is 4.11. The molecule has 0 aliphatic rings. The number of carbonyl (C=O) groups excluding carboxylic acids is 1. The monoisotopic (exact) mass is 185 g/mol. The number of nitrogens with two attached hydrogens (primary N) is 1. The zero-order valence-electron chi connectivity index (χ0n) is 6.29. The Morgan fingerprint density at radius 1 is 1.50 bits per heavy atom. The third kappa shape index (κ3) is 1.98. The Morgan fingerprint density at radius 3 is 2.75 bits per heavy atom. The van der Waals surface area contributed by atoms with Gasteiger partial charge in [-0.05, 0) is 12.1 Å². The van der Waals surface area contributed by atoms with Crippen molar-refractivity contribution in [2.24, 2.45) is 5.73 Å². The van der Waals surface area contributed by atoms with Crippen LogP contribution < -0.4 is 5.73 Å². The largest absolute Gasteiger partial charge is 0.366 e. The van der Waals surface area contributed by atoms with Crippen molar-refractivity contribution in [3.63, 3.8) is 0 Å². The molecular formula is C8H8FNOS. The van der Waals surface area contributed by atoms with Crippen LogP contribution >= 0.6 is 11.8 Å². The highest BCUT2D eigenvalue weighted by atomic mass is 32.2. The highest BCUT2D eigenvalue weighted by Crippen LogP contribution is 2.21. The molecule has 1 amide bonds. The van der Waals surface area contributed by atoms with E-state index in [1.165, 1.54) is 0 Å². The molecule has 0 atom stereocenters. The molecule has 1 rings (SSSR count). The highest BCUT2D eigenvalue weighted by Gasteiger charge is 2.06. The minimum absolute atomic E-state index is 0.375. The summed E-state index contributed by atoms with van der Waals surface area (Å²) in [5, 5.41) is 0. The Bertz CT molecular complexity index is 290. The normalized spacial score (nSPS) is 9.75. The smallest absolute Gasteiger partial charge is 0.249 e. The number of halogens is 1. The zero-order valence-corrected chi connectivity index (χ0v) is 7.10. The molecule has 0 unspecified atom stereocenters. The van der Waals surface area contributed by atoms with E-state index in [1.807, 2.05) is 0 Å². The highest BCUT2D eigenvalue weighted by molar-refractivity contribution is 7.99. The van der Waals surface area contributed by atoms with Gasteiger partial charge in [-0.25, -0.2) is 4.39 Å². The van der Waals surface area contributed by atoms with Crippen LogP contribution in [0.1, 0.15) is 10.4 Å². The molecule has 0 aliphatic heterocycles. The molecule has 0 bridgehead atoms. The van der Waals surface area contributed by atoms with E-state index in [-0.39, 0.29) is 0 Å². The van der Waals surface area contributed by atoms with E-state index in [2.05, 4.69) is 0 Å². The molecule has 0 saturated carbocycles. The zero-order chi connectivity index (χ0) is 8.97. The molecule has 1 aromatic carbocycles. The lowest BCUT2D eigenvalue weighted by atomic mass is 10.2. The van der Waals surface area contributed by atoms with Gasteiger partial charge in [0.15, 0.2) is 0 Å². The average Bonchev–Trinajstić information content (AvgIpc) is 2.05. The number of benzene rings is 1. The number of hydrogen-bond donors (Lipinski definition) is 1. The first-order valence-electron chi connectivity index (χ1n) is 3.33. The van der Waals surface area contributed by atoms with Crippen molar-refractivity contribution in [3.8, 4) is 0 Å². The Morgan fingerprint density at radius 2 is 2.17 bits per heavy atom. The van der Waals surface area contributed by atoms with Crippen molar-refractivity contribution in [2.75, 3.05) is 6.01 Å². The van der Waals surface area contributed by atoms with Gasteiger partial charge in [-0.3, -0.25) is 4.79 Å². The summed E-state index contributed by atoms with van der Waals surface area (Å²) in [5.41, 5.74) is 5.45. The quantitative estimate of drug-likeness (QED) is 0.730. The third-order valence-corrected chi connectivity index (χ3v) is 2.14. The molecule has 1 aromatic rings. The van der Waals surface area contributed by atoms with Crippen LogP contribution in [0.3, 0.4) is 0 Å². The minimum atomic E-state index is -0.551. The molecular weight excluding hydrogens is 177 g/mol. The van der Waals surface area contributed by atoms with E-state index in [1.54, 1.807) is 24.3 Å². The van der Waals surface area contributed by atoms with Crippen LogP contribution in [0.5, 0.6) is 0 Å². The predicted molar refractivity (Wildman–Crippen MR) is 46.8 cm³/mol. The second-order valence-electron chi connectivity index (χ2n) is 2.11. The van der Waals surface area contributed by atoms with Gasteiger partial charge in [-0.1, -0.05) is 23.9 Å². The Balaban J connectivity index is 3.00. The van der Waals surface area contributed by atoms with E-state index >= 15 is 0 Å². The lowest BCUT2D eigenvalue weighted by Gasteiger charge is -2.01. The van der Waals surface area contributed by atoms with Gasteiger partial charge >= 0.3 is 0 Å². The number of amides is 1. The number of thioether (sulfide) groups is 1. The summed E-state index contributed by atoms with van der Waals surface area (Å²) >= 11 is 0.963. The van der Waals surface area contributed by atoms with Crippen molar-refractivity contribution in [1.29, 1.82) is 0 Å². The summed E-state index contributed by atoms with van der Waals surface area (Å²) in [5.74, 6) is -0.522. The Labute approximate surface area is 74.0 Å². The SMILES string of the molecule is NC(=O)c1ccccc1SCF. The molecule has 0 aromatic heterocycles. The maximum Gasteiger partial charge on any atom is 0.249 e. The molecule has 0 fully saturated rings. The van der Waals surface area contributed by atoms with Gasteiger partial charge in [0.1, 0.15) is 6.01 Å². The van der Waals surface area contributed by atoms with Gasteiger partial charge in [-0.15, -0.1) is 0 Å². The number of rotatable bonds is 3. The van der Waals surface area contributed by atoms with Crippen LogP contribution in [0.4, 0.5) is 4.39 Å². The van der Waals surface area contributed by atoms with Gasteiger partial charge in [0.25, 0.3) is 0 Å². The molecule has 0 radical (unpaired) electrons. The average molecular weight is 185 g/mol. The molecule has 2 N–H and O–H groups in total. The summed E-state index contributed by atoms with van der Waals surface area (Å²) in [6.07, 6.45) is 0.